The van der Waals surface area contributed by atoms with Crippen LogP contribution in [0.3, 0.4) is 0 Å². The van der Waals surface area contributed by atoms with Crippen LogP contribution in [-0.4, -0.2) is 19.2 Å². The summed E-state index contributed by atoms with van der Waals surface area (Å²) >= 11 is 0. The molecule has 0 saturated heterocycles. The minimum Gasteiger partial charge on any atom is -0.437 e. The van der Waals surface area contributed by atoms with Crippen molar-refractivity contribution in [1.29, 1.82) is 0 Å². The van der Waals surface area contributed by atoms with Crippen molar-refractivity contribution in [3.05, 3.63) is 11.6 Å². The lowest BCUT2D eigenvalue weighted by atomic mass is 9.60. The van der Waals surface area contributed by atoms with Gasteiger partial charge in [0.15, 0.2) is 0 Å². The van der Waals surface area contributed by atoms with Gasteiger partial charge in [0.05, 0.1) is 13.0 Å². The third-order valence-corrected chi connectivity index (χ3v) is 5.39. The van der Waals surface area contributed by atoms with Gasteiger partial charge in [-0.05, 0) is 49.9 Å². The lowest BCUT2D eigenvalue weighted by molar-refractivity contribution is -0.147. The van der Waals surface area contributed by atoms with Crippen molar-refractivity contribution < 1.29 is 19.1 Å². The van der Waals surface area contributed by atoms with Crippen LogP contribution in [0.2, 0.25) is 0 Å². The van der Waals surface area contributed by atoms with Crippen LogP contribution < -0.4 is 0 Å². The predicted octanol–water partition coefficient (Wildman–Crippen LogP) is 3.95. The van der Waals surface area contributed by atoms with Gasteiger partial charge in [0, 0.05) is 0 Å². The van der Waals surface area contributed by atoms with Crippen LogP contribution in [0.15, 0.2) is 11.6 Å². The van der Waals surface area contributed by atoms with Crippen molar-refractivity contribution in [3.8, 4) is 0 Å². The van der Waals surface area contributed by atoms with Crippen LogP contribution in [0.5, 0.6) is 0 Å². The van der Waals surface area contributed by atoms with Gasteiger partial charge in [0.1, 0.15) is 0 Å². The highest BCUT2D eigenvalue weighted by atomic mass is 16.7. The molecular formula is C17H26O4. The molecule has 2 rings (SSSR count). The molecule has 0 aromatic heterocycles. The fourth-order valence-electron chi connectivity index (χ4n) is 4.06. The number of carbonyl (C=O) groups is 2. The van der Waals surface area contributed by atoms with E-state index >= 15 is 0 Å². The maximum absolute atomic E-state index is 12.1. The fraction of sp³-hybridized carbons (Fsp3) is 0.765. The van der Waals surface area contributed by atoms with E-state index in [2.05, 4.69) is 24.7 Å². The highest BCUT2D eigenvalue weighted by Gasteiger charge is 2.42. The molecule has 2 aliphatic rings. The van der Waals surface area contributed by atoms with E-state index in [0.717, 1.165) is 12.8 Å². The van der Waals surface area contributed by atoms with E-state index in [4.69, 9.17) is 4.74 Å². The minimum atomic E-state index is -0.914. The number of ether oxygens (including phenoxy) is 2. The number of allylic oxidation sites excluding steroid dienone is 2. The van der Waals surface area contributed by atoms with Gasteiger partial charge >= 0.3 is 12.1 Å². The zero-order chi connectivity index (χ0) is 15.6. The zero-order valence-electron chi connectivity index (χ0n) is 13.4. The molecule has 5 atom stereocenters. The van der Waals surface area contributed by atoms with E-state index in [1.165, 1.54) is 25.5 Å². The summed E-state index contributed by atoms with van der Waals surface area (Å²) in [7, 11) is 1.21. The van der Waals surface area contributed by atoms with Crippen molar-refractivity contribution in [2.45, 2.75) is 46.5 Å². The number of esters is 1. The molecule has 0 bridgehead atoms. The molecule has 0 aromatic rings. The van der Waals surface area contributed by atoms with Gasteiger partial charge in [0.2, 0.25) is 0 Å². The van der Waals surface area contributed by atoms with Crippen LogP contribution in [0.25, 0.3) is 0 Å². The normalized spacial score (nSPS) is 33.4. The van der Waals surface area contributed by atoms with Crippen molar-refractivity contribution in [2.24, 2.45) is 29.6 Å². The minimum absolute atomic E-state index is 0.263. The Balaban J connectivity index is 2.12. The Labute approximate surface area is 126 Å². The molecule has 0 aromatic carbocycles. The van der Waals surface area contributed by atoms with Gasteiger partial charge in [-0.2, -0.15) is 0 Å². The number of hydrogen-bond donors (Lipinski definition) is 0. The first kappa shape index (κ1) is 16.1. The third kappa shape index (κ3) is 3.47. The molecular weight excluding hydrogens is 268 g/mol. The third-order valence-electron chi connectivity index (χ3n) is 5.39. The Morgan fingerprint density at radius 1 is 1.29 bits per heavy atom. The number of hydrogen-bond acceptors (Lipinski definition) is 4. The summed E-state index contributed by atoms with van der Waals surface area (Å²) in [6, 6.07) is 0. The van der Waals surface area contributed by atoms with Gasteiger partial charge in [0.25, 0.3) is 0 Å². The summed E-state index contributed by atoms with van der Waals surface area (Å²) in [6.45, 7) is 6.37. The fourth-order valence-corrected chi connectivity index (χ4v) is 4.06. The Bertz CT molecular complexity index is 440. The number of fused-ring (bicyclic) bond motifs is 1. The summed E-state index contributed by atoms with van der Waals surface area (Å²) in [5, 5.41) is 0. The Hall–Kier alpha value is -1.32. The lowest BCUT2D eigenvalue weighted by Gasteiger charge is -2.45. The van der Waals surface area contributed by atoms with E-state index in [1.807, 2.05) is 6.92 Å². The van der Waals surface area contributed by atoms with E-state index in [1.54, 1.807) is 0 Å². The van der Waals surface area contributed by atoms with Gasteiger partial charge < -0.3 is 9.47 Å². The second-order valence-corrected chi connectivity index (χ2v) is 6.68. The second-order valence-electron chi connectivity index (χ2n) is 6.68. The molecule has 5 unspecified atom stereocenters. The highest BCUT2D eigenvalue weighted by molar-refractivity contribution is 5.83. The summed E-state index contributed by atoms with van der Waals surface area (Å²) in [5.74, 6) is 1.32. The monoisotopic (exact) mass is 294 g/mol. The molecule has 118 valence electrons. The van der Waals surface area contributed by atoms with Crippen LogP contribution in [0.4, 0.5) is 4.79 Å². The Morgan fingerprint density at radius 3 is 2.67 bits per heavy atom. The first-order valence-electron chi connectivity index (χ1n) is 7.91. The molecule has 0 aliphatic heterocycles. The summed E-state index contributed by atoms with van der Waals surface area (Å²) in [4.78, 5) is 23.2. The van der Waals surface area contributed by atoms with E-state index < -0.39 is 12.1 Å². The topological polar surface area (TPSA) is 52.6 Å². The van der Waals surface area contributed by atoms with Crippen LogP contribution in [0.1, 0.15) is 46.5 Å². The number of methoxy groups -OCH3 is 1. The summed E-state index contributed by atoms with van der Waals surface area (Å²) in [5.41, 5.74) is 1.42. The van der Waals surface area contributed by atoms with Gasteiger partial charge in [-0.15, -0.1) is 0 Å². The number of carbonyl (C=O) groups excluding carboxylic acids is 2. The van der Waals surface area contributed by atoms with E-state index in [0.29, 0.717) is 17.8 Å². The molecule has 4 nitrogen and oxygen atoms in total. The maximum atomic E-state index is 12.1. The molecule has 1 saturated carbocycles. The SMILES string of the molecule is COC(=O)OC(=O)C(C)C1CCC(C)C2CCC(C)=CC21. The quantitative estimate of drug-likeness (QED) is 0.439. The molecule has 21 heavy (non-hydrogen) atoms. The molecule has 0 spiro atoms. The number of rotatable bonds is 2. The van der Waals surface area contributed by atoms with Crippen LogP contribution in [-0.2, 0) is 14.3 Å². The maximum Gasteiger partial charge on any atom is 0.515 e. The molecule has 0 radical (unpaired) electrons. The van der Waals surface area contributed by atoms with E-state index in [9.17, 15) is 9.59 Å². The first-order valence-corrected chi connectivity index (χ1v) is 7.91. The van der Waals surface area contributed by atoms with E-state index in [-0.39, 0.29) is 11.8 Å². The van der Waals surface area contributed by atoms with Crippen LogP contribution >= 0.6 is 0 Å². The summed E-state index contributed by atoms with van der Waals surface area (Å²) < 4.78 is 9.13. The molecule has 2 aliphatic carbocycles. The molecule has 4 heteroatoms. The Morgan fingerprint density at radius 2 is 2.00 bits per heavy atom. The Kier molecular flexibility index (Phi) is 5.07. The largest absolute Gasteiger partial charge is 0.515 e. The lowest BCUT2D eigenvalue weighted by Crippen LogP contribution is -2.40. The van der Waals surface area contributed by atoms with Gasteiger partial charge in [-0.3, -0.25) is 4.79 Å². The average molecular weight is 294 g/mol. The van der Waals surface area contributed by atoms with Crippen molar-refractivity contribution >= 4 is 12.1 Å². The standard InChI is InChI=1S/C17H26O4/c1-10-5-7-13-11(2)6-8-14(15(13)9-10)12(3)16(18)21-17(19)20-4/h9,11-15H,5-8H2,1-4H3. The van der Waals surface area contributed by atoms with Crippen molar-refractivity contribution in [3.63, 3.8) is 0 Å². The molecule has 0 amide bonds. The van der Waals surface area contributed by atoms with Crippen LogP contribution in [0, 0.1) is 29.6 Å². The van der Waals surface area contributed by atoms with Crippen molar-refractivity contribution in [1.82, 2.24) is 0 Å². The smallest absolute Gasteiger partial charge is 0.437 e. The first-order chi connectivity index (χ1) is 9.93. The molecule has 1 fully saturated rings. The molecule has 0 N–H and O–H groups in total. The summed E-state index contributed by atoms with van der Waals surface area (Å²) in [6.07, 6.45) is 5.99. The van der Waals surface area contributed by atoms with Crippen molar-refractivity contribution in [2.75, 3.05) is 7.11 Å². The van der Waals surface area contributed by atoms with Gasteiger partial charge in [-0.25, -0.2) is 4.79 Å². The average Bonchev–Trinajstić information content (AvgIpc) is 2.46. The predicted molar refractivity (Wildman–Crippen MR) is 79.5 cm³/mol. The zero-order valence-corrected chi connectivity index (χ0v) is 13.4. The highest BCUT2D eigenvalue weighted by Crippen LogP contribution is 2.48. The van der Waals surface area contributed by atoms with Gasteiger partial charge in [-0.1, -0.05) is 31.9 Å². The second kappa shape index (κ2) is 6.63. The molecule has 0 heterocycles.